The zero-order chi connectivity index (χ0) is 9.42. The molecule has 2 aromatic heterocycles. The van der Waals surface area contributed by atoms with Crippen LogP contribution < -0.4 is 0 Å². The van der Waals surface area contributed by atoms with Crippen LogP contribution in [0.4, 0.5) is 0 Å². The van der Waals surface area contributed by atoms with Crippen molar-refractivity contribution in [3.8, 4) is 0 Å². The molecule has 68 valence electrons. The molecule has 0 aliphatic carbocycles. The standard InChI is InChI=1S/C9H10ClN3/c1-6(2)7-5-13-4-3-11-8(10)9(13)12-7/h3-6H,1-2H3. The van der Waals surface area contributed by atoms with Gasteiger partial charge in [-0.1, -0.05) is 25.4 Å². The summed E-state index contributed by atoms with van der Waals surface area (Å²) < 4.78 is 1.89. The van der Waals surface area contributed by atoms with Crippen LogP contribution in [0.5, 0.6) is 0 Å². The van der Waals surface area contributed by atoms with E-state index in [2.05, 4.69) is 23.8 Å². The predicted octanol–water partition coefficient (Wildman–Crippen LogP) is 2.51. The van der Waals surface area contributed by atoms with E-state index in [0.717, 1.165) is 11.3 Å². The zero-order valence-electron chi connectivity index (χ0n) is 7.53. The van der Waals surface area contributed by atoms with Crippen molar-refractivity contribution in [1.82, 2.24) is 14.4 Å². The Balaban J connectivity index is 2.68. The first-order valence-electron chi connectivity index (χ1n) is 4.17. The summed E-state index contributed by atoms with van der Waals surface area (Å²) in [6.07, 6.45) is 5.49. The Bertz CT molecular complexity index is 433. The molecule has 0 spiro atoms. The van der Waals surface area contributed by atoms with Gasteiger partial charge in [-0.25, -0.2) is 9.97 Å². The van der Waals surface area contributed by atoms with Gasteiger partial charge in [-0.05, 0) is 5.92 Å². The van der Waals surface area contributed by atoms with Crippen LogP contribution in [-0.4, -0.2) is 14.4 Å². The van der Waals surface area contributed by atoms with E-state index < -0.39 is 0 Å². The summed E-state index contributed by atoms with van der Waals surface area (Å²) in [5, 5.41) is 0.453. The molecule has 0 radical (unpaired) electrons. The van der Waals surface area contributed by atoms with Gasteiger partial charge in [-0.3, -0.25) is 0 Å². The van der Waals surface area contributed by atoms with Crippen LogP contribution in [-0.2, 0) is 0 Å². The van der Waals surface area contributed by atoms with Crippen molar-refractivity contribution in [3.05, 3.63) is 29.4 Å². The first-order chi connectivity index (χ1) is 6.18. The molecule has 13 heavy (non-hydrogen) atoms. The summed E-state index contributed by atoms with van der Waals surface area (Å²) in [4.78, 5) is 8.34. The molecule has 3 nitrogen and oxygen atoms in total. The zero-order valence-corrected chi connectivity index (χ0v) is 8.28. The third-order valence-electron chi connectivity index (χ3n) is 1.94. The van der Waals surface area contributed by atoms with E-state index in [4.69, 9.17) is 11.6 Å². The molecule has 0 saturated heterocycles. The highest BCUT2D eigenvalue weighted by atomic mass is 35.5. The van der Waals surface area contributed by atoms with Gasteiger partial charge in [0.25, 0.3) is 0 Å². The molecule has 0 amide bonds. The number of hydrogen-bond acceptors (Lipinski definition) is 2. The second-order valence-electron chi connectivity index (χ2n) is 3.27. The van der Waals surface area contributed by atoms with Crippen LogP contribution >= 0.6 is 11.6 Å². The molecule has 0 bridgehead atoms. The second kappa shape index (κ2) is 3.00. The average Bonchev–Trinajstić information content (AvgIpc) is 2.49. The number of hydrogen-bond donors (Lipinski definition) is 0. The minimum atomic E-state index is 0.413. The largest absolute Gasteiger partial charge is 0.303 e. The molecule has 0 aromatic carbocycles. The van der Waals surface area contributed by atoms with Crippen LogP contribution in [0.1, 0.15) is 25.5 Å². The lowest BCUT2D eigenvalue weighted by molar-refractivity contribution is 0.834. The van der Waals surface area contributed by atoms with Gasteiger partial charge >= 0.3 is 0 Å². The van der Waals surface area contributed by atoms with E-state index >= 15 is 0 Å². The number of imidazole rings is 1. The smallest absolute Gasteiger partial charge is 0.175 e. The first-order valence-corrected chi connectivity index (χ1v) is 4.55. The van der Waals surface area contributed by atoms with Crippen LogP contribution in [0.2, 0.25) is 5.15 Å². The van der Waals surface area contributed by atoms with E-state index in [9.17, 15) is 0 Å². The Kier molecular flexibility index (Phi) is 1.96. The first kappa shape index (κ1) is 8.51. The van der Waals surface area contributed by atoms with Crippen molar-refractivity contribution in [2.75, 3.05) is 0 Å². The van der Waals surface area contributed by atoms with Crippen molar-refractivity contribution in [3.63, 3.8) is 0 Å². The van der Waals surface area contributed by atoms with Crippen LogP contribution in [0.25, 0.3) is 5.65 Å². The molecule has 2 aromatic rings. The van der Waals surface area contributed by atoms with E-state index in [-0.39, 0.29) is 0 Å². The maximum absolute atomic E-state index is 5.88. The van der Waals surface area contributed by atoms with Gasteiger partial charge in [0, 0.05) is 18.6 Å². The summed E-state index contributed by atoms with van der Waals surface area (Å²) in [6.45, 7) is 4.20. The Morgan fingerprint density at radius 3 is 2.85 bits per heavy atom. The Labute approximate surface area is 81.4 Å². The van der Waals surface area contributed by atoms with E-state index in [0.29, 0.717) is 11.1 Å². The molecule has 0 N–H and O–H groups in total. The molecule has 0 unspecified atom stereocenters. The molecule has 0 aliphatic rings. The maximum atomic E-state index is 5.88. The van der Waals surface area contributed by atoms with Crippen molar-refractivity contribution >= 4 is 17.2 Å². The second-order valence-corrected chi connectivity index (χ2v) is 3.63. The number of rotatable bonds is 1. The number of aromatic nitrogens is 3. The maximum Gasteiger partial charge on any atom is 0.175 e. The van der Waals surface area contributed by atoms with Crippen LogP contribution in [0.15, 0.2) is 18.6 Å². The number of halogens is 1. The van der Waals surface area contributed by atoms with Gasteiger partial charge in [-0.15, -0.1) is 0 Å². The third-order valence-corrected chi connectivity index (χ3v) is 2.21. The Morgan fingerprint density at radius 1 is 1.46 bits per heavy atom. The van der Waals surface area contributed by atoms with Crippen molar-refractivity contribution in [1.29, 1.82) is 0 Å². The van der Waals surface area contributed by atoms with Crippen molar-refractivity contribution in [2.45, 2.75) is 19.8 Å². The van der Waals surface area contributed by atoms with Crippen LogP contribution in [0.3, 0.4) is 0 Å². The summed E-state index contributed by atoms with van der Waals surface area (Å²) in [5.74, 6) is 0.413. The van der Waals surface area contributed by atoms with E-state index in [1.54, 1.807) is 6.20 Å². The molecule has 0 fully saturated rings. The summed E-state index contributed by atoms with van der Waals surface area (Å²) in [6, 6.07) is 0. The van der Waals surface area contributed by atoms with E-state index in [1.165, 1.54) is 0 Å². The van der Waals surface area contributed by atoms with Crippen molar-refractivity contribution < 1.29 is 0 Å². The average molecular weight is 196 g/mol. The Hall–Kier alpha value is -1.09. The van der Waals surface area contributed by atoms with Crippen molar-refractivity contribution in [2.24, 2.45) is 0 Å². The molecule has 0 saturated carbocycles. The van der Waals surface area contributed by atoms with E-state index in [1.807, 2.05) is 16.8 Å². The molecular weight excluding hydrogens is 186 g/mol. The normalized spacial score (nSPS) is 11.4. The minimum absolute atomic E-state index is 0.413. The topological polar surface area (TPSA) is 30.2 Å². The SMILES string of the molecule is CC(C)c1cn2ccnc(Cl)c2n1. The molecule has 2 heterocycles. The molecular formula is C9H10ClN3. The van der Waals surface area contributed by atoms with Gasteiger partial charge in [0.15, 0.2) is 10.8 Å². The molecule has 4 heteroatoms. The van der Waals surface area contributed by atoms with Gasteiger partial charge in [0.2, 0.25) is 0 Å². The lowest BCUT2D eigenvalue weighted by Gasteiger charge is -1.94. The lowest BCUT2D eigenvalue weighted by Crippen LogP contribution is -1.85. The fraction of sp³-hybridized carbons (Fsp3) is 0.333. The highest BCUT2D eigenvalue weighted by Gasteiger charge is 2.07. The monoisotopic (exact) mass is 195 g/mol. The van der Waals surface area contributed by atoms with Gasteiger partial charge in [0.1, 0.15) is 0 Å². The third kappa shape index (κ3) is 1.40. The predicted molar refractivity (Wildman–Crippen MR) is 52.1 cm³/mol. The van der Waals surface area contributed by atoms with Gasteiger partial charge < -0.3 is 4.40 Å². The molecule has 0 atom stereocenters. The van der Waals surface area contributed by atoms with Gasteiger partial charge in [0.05, 0.1) is 5.69 Å². The van der Waals surface area contributed by atoms with Crippen LogP contribution in [0, 0.1) is 0 Å². The minimum Gasteiger partial charge on any atom is -0.303 e. The fourth-order valence-electron chi connectivity index (χ4n) is 1.19. The molecule has 0 aliphatic heterocycles. The number of nitrogens with zero attached hydrogens (tertiary/aromatic N) is 3. The summed E-state index contributed by atoms with van der Waals surface area (Å²) >= 11 is 5.88. The quantitative estimate of drug-likeness (QED) is 0.700. The fourth-order valence-corrected chi connectivity index (χ4v) is 1.38. The highest BCUT2D eigenvalue weighted by molar-refractivity contribution is 6.32. The Morgan fingerprint density at radius 2 is 2.23 bits per heavy atom. The number of fused-ring (bicyclic) bond motifs is 1. The molecule has 2 rings (SSSR count). The van der Waals surface area contributed by atoms with Gasteiger partial charge in [-0.2, -0.15) is 0 Å². The highest BCUT2D eigenvalue weighted by Crippen LogP contribution is 2.17. The lowest BCUT2D eigenvalue weighted by atomic mass is 10.2. The summed E-state index contributed by atoms with van der Waals surface area (Å²) in [7, 11) is 0. The summed E-state index contributed by atoms with van der Waals surface area (Å²) in [5.41, 5.74) is 1.77.